The van der Waals surface area contributed by atoms with E-state index >= 15 is 0 Å². The van der Waals surface area contributed by atoms with Crippen molar-refractivity contribution in [3.63, 3.8) is 0 Å². The third kappa shape index (κ3) is 2.16. The number of esters is 1. The van der Waals surface area contributed by atoms with Crippen LogP contribution in [0.4, 0.5) is 0 Å². The standard InChI is InChI=1S/C15H14N2O3/c1-3-17-9-12(15(19)20-4-2)14(18)11-7-5-6-10(8-16)13(11)17/h5-7,9H,3-4H2,1-2H3. The fourth-order valence-corrected chi connectivity index (χ4v) is 2.15. The lowest BCUT2D eigenvalue weighted by Crippen LogP contribution is -2.21. The second-order valence-corrected chi connectivity index (χ2v) is 4.19. The number of ether oxygens (including phenoxy) is 1. The minimum Gasteiger partial charge on any atom is -0.462 e. The maximum Gasteiger partial charge on any atom is 0.343 e. The average Bonchev–Trinajstić information content (AvgIpc) is 2.47. The molecule has 102 valence electrons. The molecule has 0 radical (unpaired) electrons. The van der Waals surface area contributed by atoms with Gasteiger partial charge in [-0.2, -0.15) is 5.26 Å². The lowest BCUT2D eigenvalue weighted by Gasteiger charge is -2.12. The molecule has 0 fully saturated rings. The highest BCUT2D eigenvalue weighted by Gasteiger charge is 2.17. The molecule has 5 nitrogen and oxygen atoms in total. The number of aryl methyl sites for hydroxylation is 1. The molecule has 0 spiro atoms. The molecule has 0 unspecified atom stereocenters. The molecular formula is C15H14N2O3. The highest BCUT2D eigenvalue weighted by molar-refractivity contribution is 5.95. The fraction of sp³-hybridized carbons (Fsp3) is 0.267. The zero-order chi connectivity index (χ0) is 14.7. The Labute approximate surface area is 116 Å². The van der Waals surface area contributed by atoms with Crippen LogP contribution in [0.3, 0.4) is 0 Å². The quantitative estimate of drug-likeness (QED) is 0.800. The number of pyridine rings is 1. The molecule has 1 aromatic carbocycles. The SMILES string of the molecule is CCOC(=O)c1cn(CC)c2c(C#N)cccc2c1=O. The lowest BCUT2D eigenvalue weighted by atomic mass is 10.1. The highest BCUT2D eigenvalue weighted by Crippen LogP contribution is 2.17. The molecule has 2 rings (SSSR count). The van der Waals surface area contributed by atoms with Crippen LogP contribution in [0.15, 0.2) is 29.2 Å². The molecule has 0 amide bonds. The molecule has 0 aliphatic carbocycles. The molecule has 5 heteroatoms. The number of carbonyl (C=O) groups is 1. The fourth-order valence-electron chi connectivity index (χ4n) is 2.15. The average molecular weight is 270 g/mol. The number of hydrogen-bond donors (Lipinski definition) is 0. The Hall–Kier alpha value is -2.61. The molecular weight excluding hydrogens is 256 g/mol. The Balaban J connectivity index is 2.85. The summed E-state index contributed by atoms with van der Waals surface area (Å²) in [6.45, 7) is 4.32. The molecule has 0 bridgehead atoms. The maximum atomic E-state index is 12.4. The van der Waals surface area contributed by atoms with Crippen LogP contribution in [0.2, 0.25) is 0 Å². The van der Waals surface area contributed by atoms with Crippen LogP contribution >= 0.6 is 0 Å². The van der Waals surface area contributed by atoms with Gasteiger partial charge in [-0.1, -0.05) is 6.07 Å². The number of para-hydroxylation sites is 1. The van der Waals surface area contributed by atoms with Gasteiger partial charge in [0.1, 0.15) is 11.6 Å². The predicted octanol–water partition coefficient (Wildman–Crippen LogP) is 2.07. The van der Waals surface area contributed by atoms with E-state index in [4.69, 9.17) is 10.00 Å². The van der Waals surface area contributed by atoms with E-state index in [-0.39, 0.29) is 12.2 Å². The summed E-state index contributed by atoms with van der Waals surface area (Å²) in [4.78, 5) is 24.2. The van der Waals surface area contributed by atoms with Crippen molar-refractivity contribution >= 4 is 16.9 Å². The van der Waals surface area contributed by atoms with Crippen LogP contribution in [-0.4, -0.2) is 17.1 Å². The lowest BCUT2D eigenvalue weighted by molar-refractivity contribution is 0.0524. The van der Waals surface area contributed by atoms with Crippen LogP contribution in [-0.2, 0) is 11.3 Å². The van der Waals surface area contributed by atoms with Crippen LogP contribution in [0, 0.1) is 11.3 Å². The van der Waals surface area contributed by atoms with Gasteiger partial charge >= 0.3 is 5.97 Å². The van der Waals surface area contributed by atoms with E-state index in [9.17, 15) is 9.59 Å². The van der Waals surface area contributed by atoms with E-state index in [1.165, 1.54) is 6.20 Å². The molecule has 0 saturated heterocycles. The van der Waals surface area contributed by atoms with Gasteiger partial charge in [0.2, 0.25) is 5.43 Å². The molecule has 0 aliphatic heterocycles. The number of hydrogen-bond acceptors (Lipinski definition) is 4. The van der Waals surface area contributed by atoms with Crippen molar-refractivity contribution in [1.82, 2.24) is 4.57 Å². The van der Waals surface area contributed by atoms with Gasteiger partial charge in [0.25, 0.3) is 0 Å². The number of nitriles is 1. The molecule has 1 heterocycles. The summed E-state index contributed by atoms with van der Waals surface area (Å²) in [5, 5.41) is 9.51. The number of carbonyl (C=O) groups excluding carboxylic acids is 1. The van der Waals surface area contributed by atoms with Crippen molar-refractivity contribution in [3.05, 3.63) is 45.7 Å². The third-order valence-electron chi connectivity index (χ3n) is 3.05. The van der Waals surface area contributed by atoms with Crippen molar-refractivity contribution < 1.29 is 9.53 Å². The third-order valence-corrected chi connectivity index (χ3v) is 3.05. The first-order valence-corrected chi connectivity index (χ1v) is 6.37. The van der Waals surface area contributed by atoms with E-state index in [1.807, 2.05) is 6.92 Å². The van der Waals surface area contributed by atoms with Crippen LogP contribution < -0.4 is 5.43 Å². The molecule has 1 aromatic heterocycles. The van der Waals surface area contributed by atoms with Gasteiger partial charge in [0, 0.05) is 18.1 Å². The Morgan fingerprint density at radius 1 is 1.40 bits per heavy atom. The van der Waals surface area contributed by atoms with Gasteiger partial charge in [-0.05, 0) is 26.0 Å². The molecule has 0 aliphatic rings. The zero-order valence-corrected chi connectivity index (χ0v) is 11.3. The summed E-state index contributed by atoms with van der Waals surface area (Å²) >= 11 is 0. The zero-order valence-electron chi connectivity index (χ0n) is 11.3. The molecule has 0 N–H and O–H groups in total. The summed E-state index contributed by atoms with van der Waals surface area (Å²) in [6.07, 6.45) is 1.46. The van der Waals surface area contributed by atoms with Crippen molar-refractivity contribution in [2.24, 2.45) is 0 Å². The summed E-state index contributed by atoms with van der Waals surface area (Å²) < 4.78 is 6.62. The number of aromatic nitrogens is 1. The number of rotatable bonds is 3. The van der Waals surface area contributed by atoms with Crippen LogP contribution in [0.5, 0.6) is 0 Å². The molecule has 2 aromatic rings. The van der Waals surface area contributed by atoms with Crippen LogP contribution in [0.1, 0.15) is 29.8 Å². The smallest absolute Gasteiger partial charge is 0.343 e. The second-order valence-electron chi connectivity index (χ2n) is 4.19. The monoisotopic (exact) mass is 270 g/mol. The van der Waals surface area contributed by atoms with Gasteiger partial charge in [-0.3, -0.25) is 4.79 Å². The first kappa shape index (κ1) is 13.8. The maximum absolute atomic E-state index is 12.4. The predicted molar refractivity (Wildman–Crippen MR) is 74.6 cm³/mol. The van der Waals surface area contributed by atoms with E-state index in [2.05, 4.69) is 6.07 Å². The highest BCUT2D eigenvalue weighted by atomic mass is 16.5. The van der Waals surface area contributed by atoms with Crippen molar-refractivity contribution in [1.29, 1.82) is 5.26 Å². The summed E-state index contributed by atoms with van der Waals surface area (Å²) in [6, 6.07) is 6.98. The number of benzene rings is 1. The Bertz CT molecular complexity index is 769. The summed E-state index contributed by atoms with van der Waals surface area (Å²) in [7, 11) is 0. The van der Waals surface area contributed by atoms with E-state index in [0.717, 1.165) is 0 Å². The summed E-state index contributed by atoms with van der Waals surface area (Å²) in [5.41, 5.74) is 0.559. The van der Waals surface area contributed by atoms with E-state index in [1.54, 1.807) is 29.7 Å². The summed E-state index contributed by atoms with van der Waals surface area (Å²) in [5.74, 6) is -0.635. The van der Waals surface area contributed by atoms with Gasteiger partial charge in [0.05, 0.1) is 17.7 Å². The van der Waals surface area contributed by atoms with Gasteiger partial charge < -0.3 is 9.30 Å². The van der Waals surface area contributed by atoms with Gasteiger partial charge in [-0.25, -0.2) is 4.79 Å². The largest absolute Gasteiger partial charge is 0.462 e. The first-order chi connectivity index (χ1) is 9.63. The number of nitrogens with zero attached hydrogens (tertiary/aromatic N) is 2. The van der Waals surface area contributed by atoms with Gasteiger partial charge in [0.15, 0.2) is 0 Å². The van der Waals surface area contributed by atoms with E-state index in [0.29, 0.717) is 23.0 Å². The Morgan fingerprint density at radius 3 is 2.75 bits per heavy atom. The first-order valence-electron chi connectivity index (χ1n) is 6.37. The van der Waals surface area contributed by atoms with Crippen LogP contribution in [0.25, 0.3) is 10.9 Å². The van der Waals surface area contributed by atoms with E-state index < -0.39 is 11.4 Å². The molecule has 20 heavy (non-hydrogen) atoms. The second kappa shape index (κ2) is 5.57. The molecule has 0 saturated carbocycles. The molecule has 0 atom stereocenters. The van der Waals surface area contributed by atoms with Gasteiger partial charge in [-0.15, -0.1) is 0 Å². The minimum absolute atomic E-state index is 0.00344. The van der Waals surface area contributed by atoms with Crippen molar-refractivity contribution in [2.75, 3.05) is 6.61 Å². The van der Waals surface area contributed by atoms with Crippen molar-refractivity contribution in [2.45, 2.75) is 20.4 Å². The van der Waals surface area contributed by atoms with Crippen molar-refractivity contribution in [3.8, 4) is 6.07 Å². The topological polar surface area (TPSA) is 72.1 Å². The number of fused-ring (bicyclic) bond motifs is 1. The minimum atomic E-state index is -0.635. The normalized spacial score (nSPS) is 10.2. The Morgan fingerprint density at radius 2 is 2.15 bits per heavy atom. The Kier molecular flexibility index (Phi) is 3.85.